The fourth-order valence-corrected chi connectivity index (χ4v) is 3.77. The van der Waals surface area contributed by atoms with Gasteiger partial charge in [0, 0.05) is 31.4 Å². The molecule has 0 saturated carbocycles. The predicted molar refractivity (Wildman–Crippen MR) is 102 cm³/mol. The molecule has 3 atom stereocenters. The summed E-state index contributed by atoms with van der Waals surface area (Å²) in [6.45, 7) is 2.21. The number of hydrogen-bond donors (Lipinski definition) is 4. The molecule has 2 aliphatic rings. The quantitative estimate of drug-likeness (QED) is 0.408. The number of hydrogen-bond acceptors (Lipinski definition) is 6. The van der Waals surface area contributed by atoms with Crippen molar-refractivity contribution in [2.24, 2.45) is 5.73 Å². The van der Waals surface area contributed by atoms with Crippen molar-refractivity contribution in [1.29, 1.82) is 0 Å². The second-order valence-corrected chi connectivity index (χ2v) is 7.28. The van der Waals surface area contributed by atoms with E-state index >= 15 is 0 Å². The molecule has 0 aromatic carbocycles. The second-order valence-electron chi connectivity index (χ2n) is 7.28. The minimum absolute atomic E-state index is 0.0995. The Hall–Kier alpha value is -3.44. The molecule has 2 saturated heterocycles. The largest absolute Gasteiger partial charge is 0.368 e. The monoisotopic (exact) mass is 419 g/mol. The van der Waals surface area contributed by atoms with E-state index < -0.39 is 47.8 Å². The first-order chi connectivity index (χ1) is 14.3. The molecule has 5 N–H and O–H groups in total. The van der Waals surface area contributed by atoms with E-state index in [0.29, 0.717) is 25.1 Å². The van der Waals surface area contributed by atoms with Crippen LogP contribution in [0.5, 0.6) is 0 Å². The van der Waals surface area contributed by atoms with Gasteiger partial charge in [0.25, 0.3) is 0 Å². The fourth-order valence-electron chi connectivity index (χ4n) is 3.77. The zero-order chi connectivity index (χ0) is 21.8. The van der Waals surface area contributed by atoms with E-state index in [4.69, 9.17) is 5.73 Å². The van der Waals surface area contributed by atoms with E-state index in [1.165, 1.54) is 17.4 Å². The number of rotatable bonds is 7. The molecule has 0 radical (unpaired) electrons. The van der Waals surface area contributed by atoms with Crippen molar-refractivity contribution in [3.05, 3.63) is 18.2 Å². The SMILES string of the molecule is CCN1C(=O)C[C@@H](C(=O)N[C@@H](Cc2cnc[nH]2)C(=O)N2CCC[C@H]2C(N)=O)NC1=O. The summed E-state index contributed by atoms with van der Waals surface area (Å²) < 4.78 is 0. The van der Waals surface area contributed by atoms with Gasteiger partial charge in [-0.05, 0) is 19.8 Å². The van der Waals surface area contributed by atoms with Crippen LogP contribution in [0.4, 0.5) is 4.79 Å². The van der Waals surface area contributed by atoms with E-state index in [9.17, 15) is 24.0 Å². The molecule has 30 heavy (non-hydrogen) atoms. The number of primary amides is 1. The number of likely N-dealkylation sites (tertiary alicyclic amines) is 1. The normalized spacial score (nSPS) is 22.6. The zero-order valence-corrected chi connectivity index (χ0v) is 16.6. The van der Waals surface area contributed by atoms with E-state index in [1.807, 2.05) is 0 Å². The highest BCUT2D eigenvalue weighted by molar-refractivity contribution is 6.03. The van der Waals surface area contributed by atoms with Gasteiger partial charge in [-0.2, -0.15) is 0 Å². The van der Waals surface area contributed by atoms with Crippen LogP contribution in [0.1, 0.15) is 31.9 Å². The van der Waals surface area contributed by atoms with Crippen LogP contribution in [0.15, 0.2) is 12.5 Å². The van der Waals surface area contributed by atoms with E-state index in [1.54, 1.807) is 6.92 Å². The Morgan fingerprint density at radius 1 is 1.37 bits per heavy atom. The zero-order valence-electron chi connectivity index (χ0n) is 16.6. The number of H-pyrrole nitrogens is 1. The molecule has 0 aliphatic carbocycles. The minimum Gasteiger partial charge on any atom is -0.368 e. The van der Waals surface area contributed by atoms with Gasteiger partial charge in [-0.3, -0.25) is 24.1 Å². The number of aromatic amines is 1. The number of urea groups is 1. The van der Waals surface area contributed by atoms with Crippen LogP contribution in [-0.4, -0.2) is 80.6 Å². The molecule has 2 fully saturated rings. The van der Waals surface area contributed by atoms with E-state index in [2.05, 4.69) is 20.6 Å². The minimum atomic E-state index is -1.09. The number of aromatic nitrogens is 2. The van der Waals surface area contributed by atoms with E-state index in [0.717, 1.165) is 4.90 Å². The topological polar surface area (TPSA) is 171 Å². The van der Waals surface area contributed by atoms with Gasteiger partial charge in [-0.15, -0.1) is 0 Å². The summed E-state index contributed by atoms with van der Waals surface area (Å²) in [5, 5.41) is 5.10. The summed E-state index contributed by atoms with van der Waals surface area (Å²) in [5.74, 6) is -2.17. The van der Waals surface area contributed by atoms with Crippen LogP contribution >= 0.6 is 0 Å². The molecule has 0 spiro atoms. The third-order valence-electron chi connectivity index (χ3n) is 5.31. The number of amides is 6. The molecule has 12 nitrogen and oxygen atoms in total. The maximum absolute atomic E-state index is 13.1. The van der Waals surface area contributed by atoms with Crippen molar-refractivity contribution < 1.29 is 24.0 Å². The third-order valence-corrected chi connectivity index (χ3v) is 5.31. The van der Waals surface area contributed by atoms with Gasteiger partial charge in [-0.25, -0.2) is 9.78 Å². The first kappa shape index (κ1) is 21.3. The molecule has 0 unspecified atom stereocenters. The second kappa shape index (κ2) is 8.93. The average molecular weight is 419 g/mol. The summed E-state index contributed by atoms with van der Waals surface area (Å²) in [4.78, 5) is 70.9. The van der Waals surface area contributed by atoms with Crippen molar-refractivity contribution >= 4 is 29.7 Å². The van der Waals surface area contributed by atoms with Gasteiger partial charge in [0.1, 0.15) is 18.1 Å². The molecule has 3 rings (SSSR count). The summed E-state index contributed by atoms with van der Waals surface area (Å²) in [6, 6.07) is -3.49. The lowest BCUT2D eigenvalue weighted by Crippen LogP contribution is -2.61. The summed E-state index contributed by atoms with van der Waals surface area (Å²) in [6.07, 6.45) is 3.95. The molecule has 1 aromatic rings. The van der Waals surface area contributed by atoms with E-state index in [-0.39, 0.29) is 19.4 Å². The lowest BCUT2D eigenvalue weighted by atomic mass is 10.1. The lowest BCUT2D eigenvalue weighted by Gasteiger charge is -2.32. The first-order valence-electron chi connectivity index (χ1n) is 9.80. The predicted octanol–water partition coefficient (Wildman–Crippen LogP) is -1.76. The number of nitrogens with one attached hydrogen (secondary N) is 3. The number of carbonyl (C=O) groups excluding carboxylic acids is 5. The van der Waals surface area contributed by atoms with Crippen molar-refractivity contribution in [2.45, 2.75) is 50.7 Å². The van der Waals surface area contributed by atoms with Gasteiger partial charge >= 0.3 is 6.03 Å². The van der Waals surface area contributed by atoms with Crippen molar-refractivity contribution in [2.75, 3.05) is 13.1 Å². The molecule has 12 heteroatoms. The van der Waals surface area contributed by atoms with Gasteiger partial charge < -0.3 is 26.3 Å². The lowest BCUT2D eigenvalue weighted by molar-refractivity contribution is -0.141. The Morgan fingerprint density at radius 3 is 2.73 bits per heavy atom. The molecule has 6 amide bonds. The molecule has 0 bridgehead atoms. The van der Waals surface area contributed by atoms with Gasteiger partial charge in [0.15, 0.2) is 0 Å². The Labute approximate surface area is 172 Å². The number of imidazole rings is 1. The van der Waals surface area contributed by atoms with Crippen LogP contribution in [0.2, 0.25) is 0 Å². The first-order valence-corrected chi connectivity index (χ1v) is 9.80. The molecular weight excluding hydrogens is 394 g/mol. The molecule has 1 aromatic heterocycles. The number of carbonyl (C=O) groups is 5. The number of nitrogens with zero attached hydrogens (tertiary/aromatic N) is 3. The third kappa shape index (κ3) is 4.42. The highest BCUT2D eigenvalue weighted by Crippen LogP contribution is 2.19. The Bertz CT molecular complexity index is 822. The van der Waals surface area contributed by atoms with Crippen LogP contribution in [0, 0.1) is 0 Å². The highest BCUT2D eigenvalue weighted by atomic mass is 16.2. The summed E-state index contributed by atoms with van der Waals surface area (Å²) >= 11 is 0. The molecular formula is C18H25N7O5. The van der Waals surface area contributed by atoms with Crippen molar-refractivity contribution in [3.63, 3.8) is 0 Å². The number of imide groups is 1. The van der Waals surface area contributed by atoms with Crippen molar-refractivity contribution in [1.82, 2.24) is 30.4 Å². The molecule has 162 valence electrons. The van der Waals surface area contributed by atoms with Gasteiger partial charge in [0.2, 0.25) is 23.6 Å². The summed E-state index contributed by atoms with van der Waals surface area (Å²) in [5.41, 5.74) is 6.01. The smallest absolute Gasteiger partial charge is 0.324 e. The number of nitrogens with two attached hydrogens (primary N) is 1. The average Bonchev–Trinajstić information content (AvgIpc) is 3.38. The Balaban J connectivity index is 1.75. The Kier molecular flexibility index (Phi) is 6.33. The van der Waals surface area contributed by atoms with Gasteiger partial charge in [-0.1, -0.05) is 0 Å². The molecule has 3 heterocycles. The molecule has 2 aliphatic heterocycles. The maximum Gasteiger partial charge on any atom is 0.324 e. The van der Waals surface area contributed by atoms with Crippen molar-refractivity contribution in [3.8, 4) is 0 Å². The van der Waals surface area contributed by atoms with Crippen LogP contribution < -0.4 is 16.4 Å². The Morgan fingerprint density at radius 2 is 2.13 bits per heavy atom. The van der Waals surface area contributed by atoms with Crippen LogP contribution in [0.25, 0.3) is 0 Å². The van der Waals surface area contributed by atoms with Gasteiger partial charge in [0.05, 0.1) is 12.7 Å². The maximum atomic E-state index is 13.1. The fraction of sp³-hybridized carbons (Fsp3) is 0.556. The summed E-state index contributed by atoms with van der Waals surface area (Å²) in [7, 11) is 0. The standard InChI is InChI=1S/C18H25N7O5/c1-2-24-14(26)7-11(23-18(24)30)16(28)22-12(6-10-8-20-9-21-10)17(29)25-5-3-4-13(25)15(19)27/h8-9,11-13H,2-7H2,1H3,(H2,19,27)(H,20,21)(H,22,28)(H,23,30)/t11-,12-,13-/m0/s1. The van der Waals surface area contributed by atoms with Crippen LogP contribution in [-0.2, 0) is 25.6 Å². The van der Waals surface area contributed by atoms with Crippen LogP contribution in [0.3, 0.4) is 0 Å². The highest BCUT2D eigenvalue weighted by Gasteiger charge is 2.39.